The summed E-state index contributed by atoms with van der Waals surface area (Å²) in [4.78, 5) is 0. The van der Waals surface area contributed by atoms with E-state index in [-0.39, 0.29) is 0 Å². The molecule has 0 N–H and O–H groups in total. The minimum atomic E-state index is 0.569. The molecule has 0 aliphatic carbocycles. The van der Waals surface area contributed by atoms with Gasteiger partial charge in [0.05, 0.1) is 41.0 Å². The van der Waals surface area contributed by atoms with Crippen molar-refractivity contribution in [1.29, 1.82) is 0 Å². The highest BCUT2D eigenvalue weighted by molar-refractivity contribution is 6.12. The van der Waals surface area contributed by atoms with Crippen molar-refractivity contribution >= 4 is 21.5 Å². The lowest BCUT2D eigenvalue weighted by molar-refractivity contribution is -0.949. The van der Waals surface area contributed by atoms with Gasteiger partial charge in [-0.15, -0.1) is 0 Å². The highest BCUT2D eigenvalue weighted by Gasteiger charge is 2.46. The number of hydrogen-bond donors (Lipinski definition) is 0. The maximum atomic E-state index is 5.75. The average Bonchev–Trinajstić information content (AvgIpc) is 3.32. The number of nitrogens with zero attached hydrogens (tertiary/aromatic N) is 1. The molecule has 188 valence electrons. The third kappa shape index (κ3) is 3.73. The molecular formula is C31H36NO4+. The van der Waals surface area contributed by atoms with E-state index in [1.807, 2.05) is 12.2 Å². The minimum Gasteiger partial charge on any atom is -0.493 e. The normalized spacial score (nSPS) is 21.1. The van der Waals surface area contributed by atoms with Crippen LogP contribution in [0.2, 0.25) is 0 Å². The van der Waals surface area contributed by atoms with Gasteiger partial charge in [0.15, 0.2) is 23.0 Å². The van der Waals surface area contributed by atoms with Gasteiger partial charge in [-0.25, -0.2) is 0 Å². The van der Waals surface area contributed by atoms with Crippen molar-refractivity contribution in [3.8, 4) is 23.0 Å². The summed E-state index contributed by atoms with van der Waals surface area (Å²) in [5.74, 6) is 2.96. The fraction of sp³-hybridized carbons (Fsp3) is 0.355. The van der Waals surface area contributed by atoms with Gasteiger partial charge in [-0.2, -0.15) is 0 Å². The summed E-state index contributed by atoms with van der Waals surface area (Å²) in [6.45, 7) is 11.1. The molecule has 0 saturated carbocycles. The highest BCUT2D eigenvalue weighted by atomic mass is 16.5. The Hall–Kier alpha value is -3.44. The molecule has 0 bridgehead atoms. The van der Waals surface area contributed by atoms with Crippen LogP contribution in [-0.2, 0) is 13.0 Å². The van der Waals surface area contributed by atoms with Crippen LogP contribution >= 0.6 is 0 Å². The highest BCUT2D eigenvalue weighted by Crippen LogP contribution is 2.48. The van der Waals surface area contributed by atoms with E-state index in [1.165, 1.54) is 46.9 Å². The van der Waals surface area contributed by atoms with Crippen LogP contribution in [0.3, 0.4) is 0 Å². The van der Waals surface area contributed by atoms with E-state index in [0.29, 0.717) is 6.04 Å². The molecule has 5 nitrogen and oxygen atoms in total. The second kappa shape index (κ2) is 9.55. The Balaban J connectivity index is 1.83. The van der Waals surface area contributed by atoms with E-state index in [9.17, 15) is 0 Å². The third-order valence-corrected chi connectivity index (χ3v) is 8.27. The van der Waals surface area contributed by atoms with Crippen molar-refractivity contribution in [1.82, 2.24) is 0 Å². The van der Waals surface area contributed by atoms with Crippen molar-refractivity contribution in [2.24, 2.45) is 0 Å². The monoisotopic (exact) mass is 486 g/mol. The van der Waals surface area contributed by atoms with E-state index in [1.54, 1.807) is 28.4 Å². The summed E-state index contributed by atoms with van der Waals surface area (Å²) in [6, 6.07) is 9.10. The molecule has 2 aliphatic rings. The summed E-state index contributed by atoms with van der Waals surface area (Å²) >= 11 is 0. The van der Waals surface area contributed by atoms with Crippen LogP contribution in [-0.4, -0.2) is 52.1 Å². The summed E-state index contributed by atoms with van der Waals surface area (Å²) in [7, 11) is 6.77. The van der Waals surface area contributed by atoms with Crippen LogP contribution in [0.4, 0.5) is 0 Å². The first-order chi connectivity index (χ1) is 17.5. The number of benzene rings is 3. The smallest absolute Gasteiger partial charge is 0.161 e. The standard InChI is InChI=1S/C31H36NO4/c1-7-10-20(8-2)18-32-12-9-11-21(32)13-22-23-14-28(33-3)29(34-4)15-24(23)25-16-30(35-5)31(36-6)17-26(25)27(22)19-32/h7-8,10,14-17,21H,1-2,9,11-13,18-19H2,3-6H3/q+1/b20-10+. The molecule has 2 atom stereocenters. The SMILES string of the molecule is C=C/C=C(\C=C)C[N+]12CCCC1Cc1c(c3cc(OC)c(OC)cc3c3cc(OC)c(OC)cc13)C2. The van der Waals surface area contributed by atoms with Crippen LogP contribution in [0, 0.1) is 0 Å². The average molecular weight is 487 g/mol. The van der Waals surface area contributed by atoms with Crippen LogP contribution in [0.15, 0.2) is 61.2 Å². The summed E-state index contributed by atoms with van der Waals surface area (Å²) in [5.41, 5.74) is 4.06. The minimum absolute atomic E-state index is 0.569. The predicted octanol–water partition coefficient (Wildman–Crippen LogP) is 6.36. The van der Waals surface area contributed by atoms with Crippen LogP contribution in [0.1, 0.15) is 24.0 Å². The number of fused-ring (bicyclic) bond motifs is 7. The largest absolute Gasteiger partial charge is 0.493 e. The topological polar surface area (TPSA) is 36.9 Å². The van der Waals surface area contributed by atoms with Crippen LogP contribution < -0.4 is 18.9 Å². The lowest BCUT2D eigenvalue weighted by Crippen LogP contribution is -2.55. The Morgan fingerprint density at radius 1 is 0.833 bits per heavy atom. The second-order valence-corrected chi connectivity index (χ2v) is 9.90. The number of methoxy groups -OCH3 is 4. The molecule has 2 unspecified atom stereocenters. The van der Waals surface area contributed by atoms with Gasteiger partial charge in [0.25, 0.3) is 0 Å². The number of hydrogen-bond acceptors (Lipinski definition) is 4. The van der Waals surface area contributed by atoms with Crippen LogP contribution in [0.5, 0.6) is 23.0 Å². The molecule has 0 amide bonds. The van der Waals surface area contributed by atoms with Gasteiger partial charge in [-0.1, -0.05) is 31.4 Å². The molecule has 0 radical (unpaired) electrons. The van der Waals surface area contributed by atoms with Crippen molar-refractivity contribution < 1.29 is 23.4 Å². The number of allylic oxidation sites excluding steroid dienone is 2. The van der Waals surface area contributed by atoms with E-state index in [4.69, 9.17) is 18.9 Å². The Kier molecular flexibility index (Phi) is 6.44. The lowest BCUT2D eigenvalue weighted by Gasteiger charge is -2.45. The van der Waals surface area contributed by atoms with E-state index < -0.39 is 0 Å². The molecule has 0 aromatic heterocycles. The lowest BCUT2D eigenvalue weighted by atomic mass is 9.83. The van der Waals surface area contributed by atoms with Crippen molar-refractivity contribution in [2.75, 3.05) is 41.5 Å². The zero-order chi connectivity index (χ0) is 25.4. The quantitative estimate of drug-likeness (QED) is 0.211. The van der Waals surface area contributed by atoms with Gasteiger partial charge < -0.3 is 23.4 Å². The summed E-state index contributed by atoms with van der Waals surface area (Å²) < 4.78 is 23.9. The Labute approximate surface area is 213 Å². The molecule has 1 fully saturated rings. The number of ether oxygens (including phenoxy) is 4. The molecule has 3 aromatic carbocycles. The molecule has 36 heavy (non-hydrogen) atoms. The predicted molar refractivity (Wildman–Crippen MR) is 147 cm³/mol. The molecular weight excluding hydrogens is 450 g/mol. The third-order valence-electron chi connectivity index (χ3n) is 8.27. The molecule has 2 aliphatic heterocycles. The molecule has 1 saturated heterocycles. The first-order valence-corrected chi connectivity index (χ1v) is 12.6. The van der Waals surface area contributed by atoms with Gasteiger partial charge in [0, 0.05) is 30.4 Å². The maximum Gasteiger partial charge on any atom is 0.161 e. The Morgan fingerprint density at radius 3 is 1.86 bits per heavy atom. The van der Waals surface area contributed by atoms with Gasteiger partial charge in [0.1, 0.15) is 13.1 Å². The molecule has 3 aromatic rings. The van der Waals surface area contributed by atoms with Crippen molar-refractivity contribution in [2.45, 2.75) is 31.8 Å². The fourth-order valence-electron chi connectivity index (χ4n) is 6.56. The molecule has 5 rings (SSSR count). The second-order valence-electron chi connectivity index (χ2n) is 9.90. The first-order valence-electron chi connectivity index (χ1n) is 12.6. The maximum absolute atomic E-state index is 5.75. The Bertz CT molecular complexity index is 1390. The molecule has 2 heterocycles. The fourth-order valence-corrected chi connectivity index (χ4v) is 6.56. The van der Waals surface area contributed by atoms with Crippen LogP contribution in [0.25, 0.3) is 21.5 Å². The van der Waals surface area contributed by atoms with E-state index >= 15 is 0 Å². The first kappa shape index (κ1) is 24.3. The summed E-state index contributed by atoms with van der Waals surface area (Å²) in [6.07, 6.45) is 9.47. The van der Waals surface area contributed by atoms with Gasteiger partial charge in [-0.3, -0.25) is 0 Å². The van der Waals surface area contributed by atoms with E-state index in [2.05, 4.69) is 43.5 Å². The van der Waals surface area contributed by atoms with E-state index in [0.717, 1.165) is 57.8 Å². The van der Waals surface area contributed by atoms with Gasteiger partial charge in [0.2, 0.25) is 0 Å². The Morgan fingerprint density at radius 2 is 1.36 bits per heavy atom. The van der Waals surface area contributed by atoms with Crippen molar-refractivity contribution in [3.05, 3.63) is 72.4 Å². The van der Waals surface area contributed by atoms with Crippen molar-refractivity contribution in [3.63, 3.8) is 0 Å². The van der Waals surface area contributed by atoms with Gasteiger partial charge in [-0.05, 0) is 51.4 Å². The van der Waals surface area contributed by atoms with Gasteiger partial charge >= 0.3 is 0 Å². The number of rotatable bonds is 8. The molecule has 5 heteroatoms. The zero-order valence-electron chi connectivity index (χ0n) is 21.9. The molecule has 0 spiro atoms. The zero-order valence-corrected chi connectivity index (χ0v) is 21.9. The summed E-state index contributed by atoms with van der Waals surface area (Å²) in [5, 5.41) is 4.75. The number of quaternary nitrogens is 1.